The molecule has 1 amide bonds. The Labute approximate surface area is 154 Å². The average molecular weight is 367 g/mol. The largest absolute Gasteiger partial charge is 0.449 e. The van der Waals surface area contributed by atoms with Gasteiger partial charge in [0.1, 0.15) is 5.60 Å². The molecule has 0 atom stereocenters. The van der Waals surface area contributed by atoms with Crippen LogP contribution in [0.1, 0.15) is 52.3 Å². The number of ether oxygens (including phenoxy) is 3. The zero-order valence-electron chi connectivity index (χ0n) is 16.4. The Morgan fingerprint density at radius 1 is 1.23 bits per heavy atom. The van der Waals surface area contributed by atoms with E-state index in [0.717, 1.165) is 5.56 Å². The third kappa shape index (κ3) is 3.95. The topological polar surface area (TPSA) is 96.0 Å². The second-order valence-corrected chi connectivity index (χ2v) is 7.87. The van der Waals surface area contributed by atoms with Crippen LogP contribution in [0.25, 0.3) is 0 Å². The first-order valence-corrected chi connectivity index (χ1v) is 8.66. The van der Waals surface area contributed by atoms with Crippen molar-refractivity contribution in [3.63, 3.8) is 0 Å². The molecule has 2 heterocycles. The lowest BCUT2D eigenvalue weighted by Gasteiger charge is -2.34. The lowest BCUT2D eigenvalue weighted by molar-refractivity contribution is 0.00409. The molecule has 0 aliphatic carbocycles. The first kappa shape index (κ1) is 20.1. The van der Waals surface area contributed by atoms with E-state index in [1.54, 1.807) is 18.2 Å². The summed E-state index contributed by atoms with van der Waals surface area (Å²) in [6.07, 6.45) is 1.19. The maximum absolute atomic E-state index is 12.6. The van der Waals surface area contributed by atoms with Crippen molar-refractivity contribution in [2.24, 2.45) is 0 Å². The van der Waals surface area contributed by atoms with Crippen LogP contribution in [0.15, 0.2) is 6.20 Å². The number of nitrogen functional groups attached to an aromatic ring is 1. The number of nitrogens with two attached hydrogens (primary N) is 1. The summed E-state index contributed by atoms with van der Waals surface area (Å²) in [6, 6.07) is 0. The van der Waals surface area contributed by atoms with E-state index in [9.17, 15) is 9.59 Å². The Balaban J connectivity index is 2.24. The van der Waals surface area contributed by atoms with Gasteiger partial charge in [0.05, 0.1) is 30.1 Å². The molecule has 1 aromatic heterocycles. The van der Waals surface area contributed by atoms with Crippen molar-refractivity contribution >= 4 is 17.9 Å². The van der Waals surface area contributed by atoms with Gasteiger partial charge in [-0.15, -0.1) is 0 Å². The lowest BCUT2D eigenvalue weighted by Crippen LogP contribution is -2.44. The standard InChI is InChI=1S/C18H29N3O5/c1-17(2,3)26-16(23)21-10-12-13(19)11-20(14(12)18(21,4)5)15(22)25-9-7-8-24-6/h11H,7-10,19H2,1-6H3. The van der Waals surface area contributed by atoms with Crippen molar-refractivity contribution in [2.45, 2.75) is 58.7 Å². The summed E-state index contributed by atoms with van der Waals surface area (Å²) in [7, 11) is 1.59. The summed E-state index contributed by atoms with van der Waals surface area (Å²) < 4.78 is 17.1. The Morgan fingerprint density at radius 2 is 1.88 bits per heavy atom. The molecule has 1 aliphatic heterocycles. The number of nitrogens with zero attached hydrogens (tertiary/aromatic N) is 2. The Hall–Kier alpha value is -2.22. The Bertz CT molecular complexity index is 688. The van der Waals surface area contributed by atoms with Crippen LogP contribution in [-0.4, -0.2) is 47.6 Å². The second kappa shape index (κ2) is 7.19. The molecule has 8 nitrogen and oxygen atoms in total. The molecule has 0 saturated carbocycles. The Morgan fingerprint density at radius 3 is 2.46 bits per heavy atom. The van der Waals surface area contributed by atoms with Crippen LogP contribution in [0, 0.1) is 0 Å². The van der Waals surface area contributed by atoms with Crippen molar-refractivity contribution in [3.8, 4) is 0 Å². The molecular formula is C18H29N3O5. The fourth-order valence-corrected chi connectivity index (χ4v) is 3.06. The van der Waals surface area contributed by atoms with E-state index in [1.807, 2.05) is 34.6 Å². The Kier molecular flexibility index (Phi) is 5.55. The molecule has 2 N–H and O–H groups in total. The molecule has 146 valence electrons. The zero-order chi connectivity index (χ0) is 19.7. The quantitative estimate of drug-likeness (QED) is 0.822. The number of methoxy groups -OCH3 is 1. The molecule has 0 spiro atoms. The number of anilines is 1. The SMILES string of the molecule is COCCCOC(=O)n1cc(N)c2c1C(C)(C)N(C(=O)OC(C)(C)C)C2. The molecule has 0 bridgehead atoms. The highest BCUT2D eigenvalue weighted by Crippen LogP contribution is 2.43. The molecule has 0 radical (unpaired) electrons. The third-order valence-corrected chi connectivity index (χ3v) is 4.24. The molecule has 26 heavy (non-hydrogen) atoms. The van der Waals surface area contributed by atoms with Gasteiger partial charge >= 0.3 is 12.2 Å². The zero-order valence-corrected chi connectivity index (χ0v) is 16.4. The van der Waals surface area contributed by atoms with Crippen LogP contribution >= 0.6 is 0 Å². The van der Waals surface area contributed by atoms with E-state index in [0.29, 0.717) is 24.4 Å². The number of hydrogen-bond donors (Lipinski definition) is 1. The van der Waals surface area contributed by atoms with Crippen molar-refractivity contribution in [2.75, 3.05) is 26.1 Å². The molecule has 1 aliphatic rings. The van der Waals surface area contributed by atoms with Crippen LogP contribution in [0.5, 0.6) is 0 Å². The molecule has 1 aromatic rings. The maximum atomic E-state index is 12.6. The summed E-state index contributed by atoms with van der Waals surface area (Å²) in [5.41, 5.74) is 6.57. The van der Waals surface area contributed by atoms with E-state index in [4.69, 9.17) is 19.9 Å². The van der Waals surface area contributed by atoms with Crippen LogP contribution < -0.4 is 5.73 Å². The minimum atomic E-state index is -0.763. The van der Waals surface area contributed by atoms with E-state index in [1.165, 1.54) is 4.57 Å². The summed E-state index contributed by atoms with van der Waals surface area (Å²) in [4.78, 5) is 26.7. The molecule has 8 heteroatoms. The predicted octanol–water partition coefficient (Wildman–Crippen LogP) is 3.08. The molecule has 0 unspecified atom stereocenters. The summed E-state index contributed by atoms with van der Waals surface area (Å²) >= 11 is 0. The van der Waals surface area contributed by atoms with Gasteiger partial charge in [-0.3, -0.25) is 9.47 Å². The monoisotopic (exact) mass is 367 g/mol. The van der Waals surface area contributed by atoms with E-state index >= 15 is 0 Å². The number of hydrogen-bond acceptors (Lipinski definition) is 6. The number of carbonyl (C=O) groups excluding carboxylic acids is 2. The van der Waals surface area contributed by atoms with Gasteiger partial charge in [-0.05, 0) is 34.6 Å². The van der Waals surface area contributed by atoms with Crippen LogP contribution in [0.2, 0.25) is 0 Å². The highest BCUT2D eigenvalue weighted by Gasteiger charge is 2.46. The van der Waals surface area contributed by atoms with Gasteiger partial charge in [-0.2, -0.15) is 0 Å². The lowest BCUT2D eigenvalue weighted by atomic mass is 10.0. The highest BCUT2D eigenvalue weighted by molar-refractivity contribution is 5.78. The minimum absolute atomic E-state index is 0.246. The first-order valence-electron chi connectivity index (χ1n) is 8.66. The van der Waals surface area contributed by atoms with Crippen molar-refractivity contribution in [3.05, 3.63) is 17.5 Å². The number of fused-ring (bicyclic) bond motifs is 1. The summed E-state index contributed by atoms with van der Waals surface area (Å²) in [5, 5.41) is 0. The van der Waals surface area contributed by atoms with Crippen LogP contribution in [0.4, 0.5) is 15.3 Å². The normalized spacial score (nSPS) is 15.7. The van der Waals surface area contributed by atoms with Crippen LogP contribution in [0.3, 0.4) is 0 Å². The van der Waals surface area contributed by atoms with Gasteiger partial charge in [0.25, 0.3) is 0 Å². The van der Waals surface area contributed by atoms with Crippen LogP contribution in [-0.2, 0) is 26.3 Å². The smallest absolute Gasteiger partial charge is 0.418 e. The minimum Gasteiger partial charge on any atom is -0.449 e. The molecule has 0 fully saturated rings. The third-order valence-electron chi connectivity index (χ3n) is 4.24. The van der Waals surface area contributed by atoms with E-state index < -0.39 is 23.3 Å². The van der Waals surface area contributed by atoms with Crippen molar-refractivity contribution in [1.29, 1.82) is 0 Å². The molecular weight excluding hydrogens is 338 g/mol. The van der Waals surface area contributed by atoms with Gasteiger partial charge < -0.3 is 19.9 Å². The van der Waals surface area contributed by atoms with Crippen molar-refractivity contribution in [1.82, 2.24) is 9.47 Å². The number of amides is 1. The fourth-order valence-electron chi connectivity index (χ4n) is 3.06. The average Bonchev–Trinajstić information content (AvgIpc) is 2.98. The summed E-state index contributed by atoms with van der Waals surface area (Å²) in [5.74, 6) is 0. The van der Waals surface area contributed by atoms with Gasteiger partial charge in [0.15, 0.2) is 0 Å². The van der Waals surface area contributed by atoms with Gasteiger partial charge in [0, 0.05) is 31.9 Å². The van der Waals surface area contributed by atoms with Gasteiger partial charge in [0.2, 0.25) is 0 Å². The van der Waals surface area contributed by atoms with Gasteiger partial charge in [-0.1, -0.05) is 0 Å². The number of rotatable bonds is 4. The fraction of sp³-hybridized carbons (Fsp3) is 0.667. The highest BCUT2D eigenvalue weighted by atomic mass is 16.6. The molecule has 0 aromatic carbocycles. The van der Waals surface area contributed by atoms with E-state index in [-0.39, 0.29) is 13.2 Å². The summed E-state index contributed by atoms with van der Waals surface area (Å²) in [6.45, 7) is 10.2. The van der Waals surface area contributed by atoms with Crippen molar-refractivity contribution < 1.29 is 23.8 Å². The second-order valence-electron chi connectivity index (χ2n) is 7.87. The predicted molar refractivity (Wildman–Crippen MR) is 96.9 cm³/mol. The molecule has 2 rings (SSSR count). The molecule has 0 saturated heterocycles. The first-order chi connectivity index (χ1) is 12.0. The maximum Gasteiger partial charge on any atom is 0.418 e. The van der Waals surface area contributed by atoms with E-state index in [2.05, 4.69) is 0 Å². The number of carbonyl (C=O) groups is 2. The van der Waals surface area contributed by atoms with Gasteiger partial charge in [-0.25, -0.2) is 9.59 Å². The number of aromatic nitrogens is 1.